The molecule has 0 spiro atoms. The monoisotopic (exact) mass is 208 g/mol. The molecule has 0 bridgehead atoms. The summed E-state index contributed by atoms with van der Waals surface area (Å²) in [5.74, 6) is 0.856. The summed E-state index contributed by atoms with van der Waals surface area (Å²) in [5.41, 5.74) is 1.10. The van der Waals surface area contributed by atoms with Gasteiger partial charge in [0, 0.05) is 11.3 Å². The third kappa shape index (κ3) is 1.93. The van der Waals surface area contributed by atoms with E-state index < -0.39 is 0 Å². The molecule has 1 aromatic rings. The van der Waals surface area contributed by atoms with E-state index in [-0.39, 0.29) is 11.2 Å². The second kappa shape index (κ2) is 3.65. The SMILES string of the molecule is CC(C)Oc1ccc2c(c1)CC(=O)S2. The van der Waals surface area contributed by atoms with Crippen LogP contribution in [-0.2, 0) is 11.2 Å². The van der Waals surface area contributed by atoms with Crippen LogP contribution in [0.4, 0.5) is 0 Å². The topological polar surface area (TPSA) is 26.3 Å². The molecular formula is C11H12O2S. The summed E-state index contributed by atoms with van der Waals surface area (Å²) >= 11 is 1.32. The van der Waals surface area contributed by atoms with E-state index in [1.165, 1.54) is 11.8 Å². The average Bonchev–Trinajstić information content (AvgIpc) is 2.42. The van der Waals surface area contributed by atoms with Crippen molar-refractivity contribution in [3.05, 3.63) is 23.8 Å². The lowest BCUT2D eigenvalue weighted by Gasteiger charge is -2.10. The zero-order valence-corrected chi connectivity index (χ0v) is 9.06. The molecule has 2 rings (SSSR count). The van der Waals surface area contributed by atoms with Crippen molar-refractivity contribution in [2.24, 2.45) is 0 Å². The van der Waals surface area contributed by atoms with Gasteiger partial charge in [-0.25, -0.2) is 0 Å². The molecule has 0 aromatic heterocycles. The van der Waals surface area contributed by atoms with Gasteiger partial charge in [-0.2, -0.15) is 0 Å². The predicted molar refractivity (Wildman–Crippen MR) is 56.8 cm³/mol. The Labute approximate surface area is 87.6 Å². The number of carbonyl (C=O) groups is 1. The molecule has 0 fully saturated rings. The highest BCUT2D eigenvalue weighted by atomic mass is 32.2. The van der Waals surface area contributed by atoms with Gasteiger partial charge in [-0.15, -0.1) is 0 Å². The lowest BCUT2D eigenvalue weighted by atomic mass is 10.1. The van der Waals surface area contributed by atoms with Crippen molar-refractivity contribution in [2.45, 2.75) is 31.3 Å². The fourth-order valence-corrected chi connectivity index (χ4v) is 2.32. The quantitative estimate of drug-likeness (QED) is 0.747. The van der Waals surface area contributed by atoms with Crippen molar-refractivity contribution in [3.8, 4) is 5.75 Å². The van der Waals surface area contributed by atoms with Gasteiger partial charge in [0.25, 0.3) is 0 Å². The van der Waals surface area contributed by atoms with Crippen molar-refractivity contribution in [3.63, 3.8) is 0 Å². The van der Waals surface area contributed by atoms with E-state index in [1.807, 2.05) is 32.0 Å². The molecule has 0 radical (unpaired) electrons. The molecule has 0 unspecified atom stereocenters. The molecular weight excluding hydrogens is 196 g/mol. The van der Waals surface area contributed by atoms with Crippen LogP contribution in [0.2, 0.25) is 0 Å². The Morgan fingerprint density at radius 1 is 1.43 bits per heavy atom. The first-order valence-electron chi connectivity index (χ1n) is 4.65. The molecule has 1 aliphatic rings. The molecule has 0 aliphatic carbocycles. The first-order chi connectivity index (χ1) is 6.65. The summed E-state index contributed by atoms with van der Waals surface area (Å²) in [4.78, 5) is 12.2. The summed E-state index contributed by atoms with van der Waals surface area (Å²) < 4.78 is 5.55. The lowest BCUT2D eigenvalue weighted by Crippen LogP contribution is -2.05. The van der Waals surface area contributed by atoms with Crippen molar-refractivity contribution < 1.29 is 9.53 Å². The second-order valence-electron chi connectivity index (χ2n) is 3.59. The third-order valence-corrected chi connectivity index (χ3v) is 2.95. The predicted octanol–water partition coefficient (Wildman–Crippen LogP) is 2.65. The normalized spacial score (nSPS) is 14.6. The Morgan fingerprint density at radius 2 is 2.21 bits per heavy atom. The van der Waals surface area contributed by atoms with E-state index >= 15 is 0 Å². The minimum Gasteiger partial charge on any atom is -0.491 e. The number of benzene rings is 1. The van der Waals surface area contributed by atoms with E-state index in [0.29, 0.717) is 6.42 Å². The molecule has 0 saturated carbocycles. The van der Waals surface area contributed by atoms with Crippen LogP contribution in [0.3, 0.4) is 0 Å². The molecule has 3 heteroatoms. The van der Waals surface area contributed by atoms with Crippen LogP contribution < -0.4 is 4.74 Å². The van der Waals surface area contributed by atoms with Crippen LogP contribution in [0, 0.1) is 0 Å². The van der Waals surface area contributed by atoms with Crippen LogP contribution in [-0.4, -0.2) is 11.2 Å². The fraction of sp³-hybridized carbons (Fsp3) is 0.364. The molecule has 0 atom stereocenters. The van der Waals surface area contributed by atoms with Crippen molar-refractivity contribution in [2.75, 3.05) is 0 Å². The van der Waals surface area contributed by atoms with Crippen LogP contribution in [0.25, 0.3) is 0 Å². The Kier molecular flexibility index (Phi) is 2.50. The van der Waals surface area contributed by atoms with Gasteiger partial charge in [0.15, 0.2) is 5.12 Å². The Bertz CT molecular complexity index is 372. The molecule has 0 saturated heterocycles. The summed E-state index contributed by atoms with van der Waals surface area (Å²) in [6.07, 6.45) is 0.716. The highest BCUT2D eigenvalue weighted by Gasteiger charge is 2.19. The van der Waals surface area contributed by atoms with Crippen molar-refractivity contribution >= 4 is 16.9 Å². The molecule has 1 aliphatic heterocycles. The summed E-state index contributed by atoms with van der Waals surface area (Å²) in [5, 5.41) is 0.224. The molecule has 0 amide bonds. The van der Waals surface area contributed by atoms with Crippen LogP contribution >= 0.6 is 11.8 Å². The van der Waals surface area contributed by atoms with Gasteiger partial charge in [-0.05, 0) is 37.6 Å². The average molecular weight is 208 g/mol. The van der Waals surface area contributed by atoms with Gasteiger partial charge >= 0.3 is 0 Å². The number of ether oxygens (including phenoxy) is 1. The number of hydrogen-bond donors (Lipinski definition) is 0. The Hall–Kier alpha value is -0.960. The highest BCUT2D eigenvalue weighted by molar-refractivity contribution is 8.14. The van der Waals surface area contributed by atoms with Gasteiger partial charge in [0.1, 0.15) is 5.75 Å². The first kappa shape index (κ1) is 9.59. The van der Waals surface area contributed by atoms with Crippen LogP contribution in [0.15, 0.2) is 23.1 Å². The molecule has 1 heterocycles. The van der Waals surface area contributed by atoms with E-state index in [1.54, 1.807) is 0 Å². The number of rotatable bonds is 2. The van der Waals surface area contributed by atoms with Crippen molar-refractivity contribution in [1.82, 2.24) is 0 Å². The van der Waals surface area contributed by atoms with E-state index in [0.717, 1.165) is 16.2 Å². The molecule has 74 valence electrons. The van der Waals surface area contributed by atoms with Gasteiger partial charge in [-0.1, -0.05) is 11.8 Å². The van der Waals surface area contributed by atoms with Crippen LogP contribution in [0.5, 0.6) is 5.75 Å². The first-order valence-corrected chi connectivity index (χ1v) is 5.47. The van der Waals surface area contributed by atoms with Gasteiger partial charge in [-0.3, -0.25) is 4.79 Å². The second-order valence-corrected chi connectivity index (χ2v) is 4.69. The maximum absolute atomic E-state index is 11.2. The molecule has 2 nitrogen and oxygen atoms in total. The third-order valence-electron chi connectivity index (χ3n) is 1.96. The number of thioether (sulfide) groups is 1. The minimum atomic E-state index is 0.179. The Morgan fingerprint density at radius 3 is 2.93 bits per heavy atom. The van der Waals surface area contributed by atoms with E-state index in [2.05, 4.69) is 0 Å². The summed E-state index contributed by atoms with van der Waals surface area (Å²) in [6.45, 7) is 3.99. The largest absolute Gasteiger partial charge is 0.491 e. The lowest BCUT2D eigenvalue weighted by molar-refractivity contribution is -0.110. The number of carbonyl (C=O) groups excluding carboxylic acids is 1. The number of fused-ring (bicyclic) bond motifs is 1. The molecule has 14 heavy (non-hydrogen) atoms. The van der Waals surface area contributed by atoms with Crippen LogP contribution in [0.1, 0.15) is 19.4 Å². The van der Waals surface area contributed by atoms with E-state index in [9.17, 15) is 4.79 Å². The highest BCUT2D eigenvalue weighted by Crippen LogP contribution is 2.34. The Balaban J connectivity index is 2.24. The minimum absolute atomic E-state index is 0.179. The summed E-state index contributed by atoms with van der Waals surface area (Å²) in [7, 11) is 0. The van der Waals surface area contributed by atoms with Gasteiger partial charge < -0.3 is 4.74 Å². The zero-order valence-electron chi connectivity index (χ0n) is 8.24. The van der Waals surface area contributed by atoms with Gasteiger partial charge in [0.2, 0.25) is 0 Å². The zero-order chi connectivity index (χ0) is 10.1. The smallest absolute Gasteiger partial charge is 0.198 e. The van der Waals surface area contributed by atoms with Crippen molar-refractivity contribution in [1.29, 1.82) is 0 Å². The summed E-state index contributed by atoms with van der Waals surface area (Å²) in [6, 6.07) is 5.85. The van der Waals surface area contributed by atoms with Gasteiger partial charge in [0.05, 0.1) is 6.10 Å². The fourth-order valence-electron chi connectivity index (χ4n) is 1.45. The standard InChI is InChI=1S/C11H12O2S/c1-7(2)13-9-3-4-10-8(5-9)6-11(12)14-10/h3-5,7H,6H2,1-2H3. The molecule has 0 N–H and O–H groups in total. The maximum Gasteiger partial charge on any atom is 0.198 e. The molecule has 1 aromatic carbocycles. The number of hydrogen-bond acceptors (Lipinski definition) is 3. The maximum atomic E-state index is 11.2. The van der Waals surface area contributed by atoms with E-state index in [4.69, 9.17) is 4.74 Å².